The Hall–Kier alpha value is -2.56. The van der Waals surface area contributed by atoms with E-state index in [1.165, 1.54) is 0 Å². The molecule has 1 amide bonds. The van der Waals surface area contributed by atoms with E-state index in [0.29, 0.717) is 0 Å². The van der Waals surface area contributed by atoms with Crippen LogP contribution in [0.5, 0.6) is 0 Å². The Bertz CT molecular complexity index is 814. The Morgan fingerprint density at radius 3 is 1.36 bits per heavy atom. The topological polar surface area (TPSA) is 69.1 Å². The third-order valence-electron chi connectivity index (χ3n) is 5.01. The van der Waals surface area contributed by atoms with Gasteiger partial charge in [-0.15, -0.1) is 11.8 Å². The van der Waals surface area contributed by atoms with Gasteiger partial charge < -0.3 is 11.5 Å². The molecule has 3 rings (SSSR count). The van der Waals surface area contributed by atoms with Crippen molar-refractivity contribution in [2.75, 3.05) is 0 Å². The average molecular weight is 391 g/mol. The van der Waals surface area contributed by atoms with Crippen LogP contribution in [-0.4, -0.2) is 16.7 Å². The highest BCUT2D eigenvalue weighted by atomic mass is 32.2. The minimum absolute atomic E-state index is 0.499. The van der Waals surface area contributed by atoms with Crippen molar-refractivity contribution >= 4 is 17.7 Å². The molecule has 0 aliphatic carbocycles. The summed E-state index contributed by atoms with van der Waals surface area (Å²) in [7, 11) is 0. The first-order valence-corrected chi connectivity index (χ1v) is 10.1. The van der Waals surface area contributed by atoms with Crippen molar-refractivity contribution in [1.82, 2.24) is 0 Å². The summed E-state index contributed by atoms with van der Waals surface area (Å²) in [6.07, 6.45) is 0. The van der Waals surface area contributed by atoms with Gasteiger partial charge in [0, 0.05) is 4.75 Å². The second-order valence-corrected chi connectivity index (χ2v) is 9.23. The lowest BCUT2D eigenvalue weighted by Gasteiger charge is -2.43. The van der Waals surface area contributed by atoms with Gasteiger partial charge in [-0.05, 0) is 30.5 Å². The largest absolute Gasteiger partial charge is 0.368 e. The van der Waals surface area contributed by atoms with Crippen molar-refractivity contribution in [2.24, 2.45) is 11.5 Å². The lowest BCUT2D eigenvalue weighted by atomic mass is 9.84. The van der Waals surface area contributed by atoms with Crippen molar-refractivity contribution in [3.05, 3.63) is 108 Å². The molecular formula is C24H26N2OS. The zero-order chi connectivity index (χ0) is 20.2. The first-order valence-electron chi connectivity index (χ1n) is 9.29. The molecule has 3 aromatic rings. The van der Waals surface area contributed by atoms with Gasteiger partial charge in [0.15, 0.2) is 0 Å². The maximum Gasteiger partial charge on any atom is 0.235 e. The van der Waals surface area contributed by atoms with Crippen LogP contribution < -0.4 is 11.5 Å². The number of benzene rings is 3. The molecule has 0 radical (unpaired) electrons. The maximum atomic E-state index is 11.9. The monoisotopic (exact) mass is 390 g/mol. The first-order chi connectivity index (χ1) is 13.4. The quantitative estimate of drug-likeness (QED) is 0.591. The van der Waals surface area contributed by atoms with E-state index < -0.39 is 21.4 Å². The first kappa shape index (κ1) is 20.2. The third kappa shape index (κ3) is 3.84. The molecule has 3 nitrogen and oxygen atoms in total. The molecule has 0 heterocycles. The zero-order valence-corrected chi connectivity index (χ0v) is 17.0. The molecule has 0 bridgehead atoms. The molecule has 0 unspecified atom stereocenters. The summed E-state index contributed by atoms with van der Waals surface area (Å²) in [5.74, 6) is -0.499. The minimum atomic E-state index is -0.784. The SMILES string of the molecule is CC(C)(SC(c1ccccc1)(c1ccccc1)c1ccccc1)[C@H](N)C(N)=O. The van der Waals surface area contributed by atoms with Crippen molar-refractivity contribution in [3.8, 4) is 0 Å². The summed E-state index contributed by atoms with van der Waals surface area (Å²) >= 11 is 1.66. The van der Waals surface area contributed by atoms with Crippen molar-refractivity contribution < 1.29 is 4.79 Å². The maximum absolute atomic E-state index is 11.9. The van der Waals surface area contributed by atoms with E-state index in [1.54, 1.807) is 11.8 Å². The van der Waals surface area contributed by atoms with Crippen LogP contribution in [0.3, 0.4) is 0 Å². The average Bonchev–Trinajstić information content (AvgIpc) is 2.73. The lowest BCUT2D eigenvalue weighted by Crippen LogP contribution is -2.52. The number of hydrogen-bond acceptors (Lipinski definition) is 3. The van der Waals surface area contributed by atoms with Crippen LogP contribution in [0.4, 0.5) is 0 Å². The van der Waals surface area contributed by atoms with Crippen LogP contribution in [-0.2, 0) is 9.54 Å². The highest BCUT2D eigenvalue weighted by Crippen LogP contribution is 2.53. The minimum Gasteiger partial charge on any atom is -0.368 e. The van der Waals surface area contributed by atoms with Gasteiger partial charge in [-0.3, -0.25) is 4.79 Å². The van der Waals surface area contributed by atoms with Gasteiger partial charge >= 0.3 is 0 Å². The smallest absolute Gasteiger partial charge is 0.235 e. The molecule has 0 aromatic heterocycles. The number of hydrogen-bond donors (Lipinski definition) is 2. The van der Waals surface area contributed by atoms with Gasteiger partial charge in [0.2, 0.25) is 5.91 Å². The number of carbonyl (C=O) groups excluding carboxylic acids is 1. The van der Waals surface area contributed by atoms with E-state index in [1.807, 2.05) is 68.4 Å². The Balaban J connectivity index is 2.30. The molecular weight excluding hydrogens is 364 g/mol. The Morgan fingerprint density at radius 2 is 1.07 bits per heavy atom. The number of primary amides is 1. The summed E-state index contributed by atoms with van der Waals surface area (Å²) < 4.78 is -1.15. The summed E-state index contributed by atoms with van der Waals surface area (Å²) in [6, 6.07) is 30.2. The number of thioether (sulfide) groups is 1. The van der Waals surface area contributed by atoms with Crippen LogP contribution in [0.25, 0.3) is 0 Å². The molecule has 0 spiro atoms. The summed E-state index contributed by atoms with van der Waals surface area (Å²) in [6.45, 7) is 3.97. The van der Waals surface area contributed by atoms with E-state index in [4.69, 9.17) is 11.5 Å². The molecule has 0 aliphatic rings. The molecule has 0 saturated heterocycles. The van der Waals surface area contributed by atoms with E-state index in [-0.39, 0.29) is 0 Å². The Morgan fingerprint density at radius 1 is 0.750 bits per heavy atom. The molecule has 3 aromatic carbocycles. The number of carbonyl (C=O) groups is 1. The molecule has 144 valence electrons. The molecule has 0 fully saturated rings. The second-order valence-electron chi connectivity index (χ2n) is 7.36. The fourth-order valence-corrected chi connectivity index (χ4v) is 5.29. The molecule has 4 N–H and O–H groups in total. The number of amides is 1. The van der Waals surface area contributed by atoms with Crippen molar-refractivity contribution in [1.29, 1.82) is 0 Å². The normalized spacial score (nSPS) is 13.1. The van der Waals surface area contributed by atoms with Gasteiger partial charge in [0.25, 0.3) is 0 Å². The van der Waals surface area contributed by atoms with Crippen LogP contribution in [0.15, 0.2) is 91.0 Å². The van der Waals surface area contributed by atoms with Gasteiger partial charge in [-0.1, -0.05) is 91.0 Å². The van der Waals surface area contributed by atoms with Gasteiger partial charge in [0.05, 0.1) is 10.8 Å². The highest BCUT2D eigenvalue weighted by molar-refractivity contribution is 8.02. The van der Waals surface area contributed by atoms with E-state index >= 15 is 0 Å². The van der Waals surface area contributed by atoms with E-state index in [0.717, 1.165) is 16.7 Å². The number of rotatable bonds is 7. The third-order valence-corrected chi connectivity index (χ3v) is 6.81. The summed E-state index contributed by atoms with van der Waals surface area (Å²) in [5.41, 5.74) is 15.2. The summed E-state index contributed by atoms with van der Waals surface area (Å²) in [4.78, 5) is 11.9. The standard InChI is InChI=1S/C24H26N2OS/c1-23(2,21(25)22(26)27)28-24(18-12-6-3-7-13-18,19-14-8-4-9-15-19)20-16-10-5-11-17-20/h3-17,21H,25H2,1-2H3,(H2,26,27)/t21-/m1/s1. The summed E-state index contributed by atoms with van der Waals surface area (Å²) in [5, 5.41) is 0. The number of nitrogens with two attached hydrogens (primary N) is 2. The molecule has 1 atom stereocenters. The predicted octanol–water partition coefficient (Wildman–Crippen LogP) is 4.30. The van der Waals surface area contributed by atoms with Crippen LogP contribution in [0.1, 0.15) is 30.5 Å². The zero-order valence-electron chi connectivity index (χ0n) is 16.2. The van der Waals surface area contributed by atoms with Gasteiger partial charge in [0.1, 0.15) is 0 Å². The molecule has 0 aliphatic heterocycles. The highest BCUT2D eigenvalue weighted by Gasteiger charge is 2.45. The fraction of sp³-hybridized carbons (Fsp3) is 0.208. The second kappa shape index (κ2) is 8.21. The predicted molar refractivity (Wildman–Crippen MR) is 118 cm³/mol. The van der Waals surface area contributed by atoms with Crippen molar-refractivity contribution in [2.45, 2.75) is 29.4 Å². The lowest BCUT2D eigenvalue weighted by molar-refractivity contribution is -0.119. The van der Waals surface area contributed by atoms with Crippen molar-refractivity contribution in [3.63, 3.8) is 0 Å². The fourth-order valence-electron chi connectivity index (χ4n) is 3.50. The van der Waals surface area contributed by atoms with E-state index in [9.17, 15) is 4.79 Å². The molecule has 28 heavy (non-hydrogen) atoms. The molecule has 0 saturated carbocycles. The van der Waals surface area contributed by atoms with Gasteiger partial charge in [-0.25, -0.2) is 0 Å². The Labute approximate surface area is 171 Å². The van der Waals surface area contributed by atoms with Crippen LogP contribution in [0.2, 0.25) is 0 Å². The Kier molecular flexibility index (Phi) is 5.92. The van der Waals surface area contributed by atoms with Gasteiger partial charge in [-0.2, -0.15) is 0 Å². The molecule has 4 heteroatoms. The van der Waals surface area contributed by atoms with E-state index in [2.05, 4.69) is 36.4 Å². The van der Waals surface area contributed by atoms with Crippen LogP contribution in [0, 0.1) is 0 Å². The van der Waals surface area contributed by atoms with Crippen LogP contribution >= 0.6 is 11.8 Å².